The summed E-state index contributed by atoms with van der Waals surface area (Å²) in [6.45, 7) is 5.24. The van der Waals surface area contributed by atoms with Gasteiger partial charge in [0.25, 0.3) is 0 Å². The van der Waals surface area contributed by atoms with E-state index in [9.17, 15) is 4.79 Å². The molecule has 1 heterocycles. The summed E-state index contributed by atoms with van der Waals surface area (Å²) >= 11 is 0. The lowest BCUT2D eigenvalue weighted by Gasteiger charge is -2.26. The quantitative estimate of drug-likeness (QED) is 0.826. The predicted molar refractivity (Wildman–Crippen MR) is 77.3 cm³/mol. The van der Waals surface area contributed by atoms with Crippen LogP contribution < -0.4 is 9.64 Å². The molecule has 4 nitrogen and oxygen atoms in total. The molecule has 0 spiro atoms. The molecule has 110 valence electrons. The second-order valence-corrected chi connectivity index (χ2v) is 5.43. The molecule has 0 radical (unpaired) electrons. The van der Waals surface area contributed by atoms with Gasteiger partial charge in [-0.3, -0.25) is 0 Å². The number of para-hydroxylation sites is 1. The van der Waals surface area contributed by atoms with Crippen LogP contribution in [-0.2, 0) is 4.74 Å². The maximum Gasteiger partial charge on any atom is 0.342 e. The first-order chi connectivity index (χ1) is 9.70. The fourth-order valence-electron chi connectivity index (χ4n) is 2.76. The summed E-state index contributed by atoms with van der Waals surface area (Å²) in [4.78, 5) is 13.7. The number of benzene rings is 1. The van der Waals surface area contributed by atoms with Crippen molar-refractivity contribution in [2.24, 2.45) is 0 Å². The van der Waals surface area contributed by atoms with Gasteiger partial charge >= 0.3 is 5.97 Å². The molecular weight excluding hydrogens is 254 g/mol. The van der Waals surface area contributed by atoms with Crippen LogP contribution in [-0.4, -0.2) is 38.8 Å². The molecule has 0 amide bonds. The van der Waals surface area contributed by atoms with Crippen LogP contribution in [0.2, 0.25) is 0 Å². The highest BCUT2D eigenvalue weighted by molar-refractivity contribution is 5.92. The predicted octanol–water partition coefficient (Wildman–Crippen LogP) is 1.31. The standard InChI is InChI=1S/C16H23NO3/c1-13(12-17-10-6-3-7-11-17)20-16(18)14-8-4-5-9-15(14)19-2/h4-5,8-9,13H,3,6-7,10-12H2,1-2H3/p+1/t13-/m1/s1. The minimum atomic E-state index is -0.300. The summed E-state index contributed by atoms with van der Waals surface area (Å²) in [5.74, 6) is 0.265. The third-order valence-electron chi connectivity index (χ3n) is 3.77. The van der Waals surface area contributed by atoms with E-state index in [1.807, 2.05) is 19.1 Å². The molecule has 2 rings (SSSR count). The van der Waals surface area contributed by atoms with Gasteiger partial charge in [-0.05, 0) is 38.3 Å². The van der Waals surface area contributed by atoms with Crippen LogP contribution >= 0.6 is 0 Å². The van der Waals surface area contributed by atoms with E-state index in [0.29, 0.717) is 11.3 Å². The van der Waals surface area contributed by atoms with Crippen molar-refractivity contribution >= 4 is 5.97 Å². The van der Waals surface area contributed by atoms with E-state index in [0.717, 1.165) is 6.54 Å². The van der Waals surface area contributed by atoms with Gasteiger partial charge in [-0.1, -0.05) is 12.1 Å². The third-order valence-corrected chi connectivity index (χ3v) is 3.77. The zero-order valence-electron chi connectivity index (χ0n) is 12.4. The lowest BCUT2D eigenvalue weighted by molar-refractivity contribution is -0.907. The minimum Gasteiger partial charge on any atom is -0.496 e. The van der Waals surface area contributed by atoms with Crippen LogP contribution in [0.1, 0.15) is 36.5 Å². The topological polar surface area (TPSA) is 40.0 Å². The first kappa shape index (κ1) is 14.9. The molecule has 1 fully saturated rings. The SMILES string of the molecule is COc1ccccc1C(=O)O[C@H](C)C[NH+]1CCCCC1. The van der Waals surface area contributed by atoms with E-state index < -0.39 is 0 Å². The zero-order chi connectivity index (χ0) is 14.4. The van der Waals surface area contributed by atoms with Crippen molar-refractivity contribution in [2.45, 2.75) is 32.3 Å². The van der Waals surface area contributed by atoms with Crippen molar-refractivity contribution in [1.82, 2.24) is 0 Å². The van der Waals surface area contributed by atoms with E-state index in [-0.39, 0.29) is 12.1 Å². The number of hydrogen-bond donors (Lipinski definition) is 1. The Bertz CT molecular complexity index is 441. The monoisotopic (exact) mass is 278 g/mol. The first-order valence-corrected chi connectivity index (χ1v) is 7.38. The lowest BCUT2D eigenvalue weighted by atomic mass is 10.1. The number of ether oxygens (including phenoxy) is 2. The first-order valence-electron chi connectivity index (χ1n) is 7.38. The van der Waals surface area contributed by atoms with Crippen LogP contribution in [0.3, 0.4) is 0 Å². The number of carbonyl (C=O) groups excluding carboxylic acids is 1. The maximum atomic E-state index is 12.2. The summed E-state index contributed by atoms with van der Waals surface area (Å²) in [5.41, 5.74) is 0.496. The summed E-state index contributed by atoms with van der Waals surface area (Å²) < 4.78 is 10.7. The molecule has 1 saturated heterocycles. The van der Waals surface area contributed by atoms with Crippen molar-refractivity contribution in [1.29, 1.82) is 0 Å². The molecule has 4 heteroatoms. The average molecular weight is 278 g/mol. The Hall–Kier alpha value is -1.55. The van der Waals surface area contributed by atoms with E-state index in [1.165, 1.54) is 37.3 Å². The van der Waals surface area contributed by atoms with E-state index in [4.69, 9.17) is 9.47 Å². The summed E-state index contributed by atoms with van der Waals surface area (Å²) in [6, 6.07) is 7.18. The molecule has 0 unspecified atom stereocenters. The van der Waals surface area contributed by atoms with Crippen molar-refractivity contribution in [3.63, 3.8) is 0 Å². The zero-order valence-corrected chi connectivity index (χ0v) is 12.4. The Kier molecular flexibility index (Phi) is 5.41. The highest BCUT2D eigenvalue weighted by atomic mass is 16.5. The third kappa shape index (κ3) is 3.97. The molecule has 0 bridgehead atoms. The lowest BCUT2D eigenvalue weighted by Crippen LogP contribution is -3.13. The fraction of sp³-hybridized carbons (Fsp3) is 0.562. The van der Waals surface area contributed by atoms with Crippen molar-refractivity contribution in [3.05, 3.63) is 29.8 Å². The molecule has 1 N–H and O–H groups in total. The molecule has 0 aromatic heterocycles. The molecule has 1 aliphatic heterocycles. The molecular formula is C16H24NO3+. The van der Waals surface area contributed by atoms with Gasteiger partial charge in [0.2, 0.25) is 0 Å². The highest BCUT2D eigenvalue weighted by Crippen LogP contribution is 2.18. The number of hydrogen-bond acceptors (Lipinski definition) is 3. The highest BCUT2D eigenvalue weighted by Gasteiger charge is 2.21. The van der Waals surface area contributed by atoms with Crippen LogP contribution in [0.25, 0.3) is 0 Å². The number of likely N-dealkylation sites (tertiary alicyclic amines) is 1. The van der Waals surface area contributed by atoms with Gasteiger partial charge in [-0.2, -0.15) is 0 Å². The summed E-state index contributed by atoms with van der Waals surface area (Å²) in [7, 11) is 1.56. The number of esters is 1. The van der Waals surface area contributed by atoms with Gasteiger partial charge in [0.15, 0.2) is 0 Å². The normalized spacial score (nSPS) is 17.5. The van der Waals surface area contributed by atoms with Crippen LogP contribution in [0, 0.1) is 0 Å². The summed E-state index contributed by atoms with van der Waals surface area (Å²) in [6.07, 6.45) is 3.82. The van der Waals surface area contributed by atoms with Gasteiger partial charge in [0, 0.05) is 0 Å². The number of carbonyl (C=O) groups is 1. The van der Waals surface area contributed by atoms with Gasteiger partial charge in [-0.25, -0.2) is 4.79 Å². The Labute approximate surface area is 120 Å². The number of methoxy groups -OCH3 is 1. The molecule has 20 heavy (non-hydrogen) atoms. The Balaban J connectivity index is 1.89. The van der Waals surface area contributed by atoms with Gasteiger partial charge < -0.3 is 14.4 Å². The Morgan fingerprint density at radius 2 is 1.95 bits per heavy atom. The Morgan fingerprint density at radius 1 is 1.25 bits per heavy atom. The van der Waals surface area contributed by atoms with E-state index >= 15 is 0 Å². The number of nitrogens with one attached hydrogen (secondary N) is 1. The number of rotatable bonds is 5. The number of quaternary nitrogens is 1. The second kappa shape index (κ2) is 7.29. The Morgan fingerprint density at radius 3 is 2.65 bits per heavy atom. The fourth-order valence-corrected chi connectivity index (χ4v) is 2.76. The minimum absolute atomic E-state index is 0.0690. The molecule has 0 saturated carbocycles. The molecule has 1 atom stereocenters. The second-order valence-electron chi connectivity index (χ2n) is 5.43. The number of piperidine rings is 1. The van der Waals surface area contributed by atoms with Crippen molar-refractivity contribution < 1.29 is 19.2 Å². The van der Waals surface area contributed by atoms with E-state index in [1.54, 1.807) is 19.2 Å². The largest absolute Gasteiger partial charge is 0.496 e. The van der Waals surface area contributed by atoms with Gasteiger partial charge in [0.1, 0.15) is 24.0 Å². The molecule has 1 aromatic carbocycles. The summed E-state index contributed by atoms with van der Waals surface area (Å²) in [5, 5.41) is 0. The van der Waals surface area contributed by atoms with Crippen LogP contribution in [0.15, 0.2) is 24.3 Å². The average Bonchev–Trinajstić information content (AvgIpc) is 2.48. The maximum absolute atomic E-state index is 12.2. The smallest absolute Gasteiger partial charge is 0.342 e. The van der Waals surface area contributed by atoms with Crippen molar-refractivity contribution in [2.75, 3.05) is 26.7 Å². The van der Waals surface area contributed by atoms with Gasteiger partial charge in [-0.15, -0.1) is 0 Å². The van der Waals surface area contributed by atoms with Gasteiger partial charge in [0.05, 0.1) is 20.2 Å². The van der Waals surface area contributed by atoms with E-state index in [2.05, 4.69) is 0 Å². The molecule has 1 aliphatic rings. The van der Waals surface area contributed by atoms with Crippen LogP contribution in [0.5, 0.6) is 5.75 Å². The molecule has 1 aromatic rings. The molecule has 0 aliphatic carbocycles. The van der Waals surface area contributed by atoms with Crippen molar-refractivity contribution in [3.8, 4) is 5.75 Å². The van der Waals surface area contributed by atoms with Crippen LogP contribution in [0.4, 0.5) is 0 Å².